The van der Waals surface area contributed by atoms with Gasteiger partial charge in [0.05, 0.1) is 28.1 Å². The van der Waals surface area contributed by atoms with Crippen LogP contribution in [0.5, 0.6) is 0 Å². The van der Waals surface area contributed by atoms with Crippen molar-refractivity contribution >= 4 is 68.5 Å². The number of halogens is 2. The van der Waals surface area contributed by atoms with E-state index in [1.807, 2.05) is 54.6 Å². The van der Waals surface area contributed by atoms with Crippen molar-refractivity contribution in [3.63, 3.8) is 0 Å². The average molecular weight is 569 g/mol. The monoisotopic (exact) mass is 568 g/mol. The molecule has 38 heavy (non-hydrogen) atoms. The summed E-state index contributed by atoms with van der Waals surface area (Å²) in [6, 6.07) is 21.8. The molecule has 0 aliphatic carbocycles. The fourth-order valence-corrected chi connectivity index (χ4v) is 4.75. The van der Waals surface area contributed by atoms with Crippen molar-refractivity contribution in [2.75, 3.05) is 6.61 Å². The van der Waals surface area contributed by atoms with Gasteiger partial charge in [0.2, 0.25) is 0 Å². The first-order valence-corrected chi connectivity index (χ1v) is 13.0. The van der Waals surface area contributed by atoms with E-state index in [0.29, 0.717) is 15.5 Å². The third-order valence-electron chi connectivity index (χ3n) is 5.40. The molecule has 3 N–H and O–H groups in total. The molecule has 4 rings (SSSR count). The molecule has 1 heterocycles. The maximum Gasteiger partial charge on any atom is 0.328 e. The predicted molar refractivity (Wildman–Crippen MR) is 149 cm³/mol. The lowest BCUT2D eigenvalue weighted by Gasteiger charge is -2.17. The van der Waals surface area contributed by atoms with Crippen molar-refractivity contribution in [1.82, 2.24) is 10.6 Å². The molecule has 4 aromatic rings. The van der Waals surface area contributed by atoms with Crippen LogP contribution in [-0.2, 0) is 20.9 Å². The first-order valence-electron chi connectivity index (χ1n) is 11.4. The van der Waals surface area contributed by atoms with Gasteiger partial charge in [0.1, 0.15) is 5.70 Å². The molecule has 194 valence electrons. The molecule has 7 nitrogen and oxygen atoms in total. The highest BCUT2D eigenvalue weighted by Gasteiger charge is 2.24. The Hall–Kier alpha value is -3.69. The zero-order valence-corrected chi connectivity index (χ0v) is 22.1. The second kappa shape index (κ2) is 12.7. The third kappa shape index (κ3) is 7.20. The molecule has 0 aliphatic rings. The summed E-state index contributed by atoms with van der Waals surface area (Å²) >= 11 is 13.4. The molecule has 0 aliphatic heterocycles. The minimum atomic E-state index is -1.36. The molecule has 0 saturated carbocycles. The number of carboxylic acids is 1. The van der Waals surface area contributed by atoms with Gasteiger partial charge in [-0.05, 0) is 46.9 Å². The van der Waals surface area contributed by atoms with Gasteiger partial charge in [0, 0.05) is 4.70 Å². The van der Waals surface area contributed by atoms with Crippen LogP contribution in [0.15, 0.2) is 84.6 Å². The van der Waals surface area contributed by atoms with Crippen LogP contribution in [0.4, 0.5) is 0 Å². The van der Waals surface area contributed by atoms with Crippen LogP contribution in [0.1, 0.15) is 20.8 Å². The summed E-state index contributed by atoms with van der Waals surface area (Å²) in [5.41, 5.74) is 1.17. The normalized spacial score (nSPS) is 12.2. The van der Waals surface area contributed by atoms with E-state index < -0.39 is 23.8 Å². The Morgan fingerprint density at radius 3 is 2.39 bits per heavy atom. The molecule has 0 fully saturated rings. The summed E-state index contributed by atoms with van der Waals surface area (Å²) in [5, 5.41) is 16.2. The van der Waals surface area contributed by atoms with Gasteiger partial charge in [-0.3, -0.25) is 9.59 Å². The Morgan fingerprint density at radius 1 is 0.947 bits per heavy atom. The second-order valence-corrected chi connectivity index (χ2v) is 10.1. The number of nitrogens with one attached hydrogen (secondary N) is 2. The molecule has 2 amide bonds. The minimum absolute atomic E-state index is 0.167. The number of carbonyl (C=O) groups excluding carboxylic acids is 2. The van der Waals surface area contributed by atoms with E-state index in [0.717, 1.165) is 15.6 Å². The molecule has 0 saturated heterocycles. The van der Waals surface area contributed by atoms with E-state index in [9.17, 15) is 19.5 Å². The van der Waals surface area contributed by atoms with Crippen LogP contribution >= 0.6 is 34.5 Å². The smallest absolute Gasteiger partial charge is 0.328 e. The molecule has 1 aromatic heterocycles. The van der Waals surface area contributed by atoms with Gasteiger partial charge in [-0.2, -0.15) is 0 Å². The quantitative estimate of drug-likeness (QED) is 0.211. The Balaban J connectivity index is 1.54. The van der Waals surface area contributed by atoms with Crippen molar-refractivity contribution in [3.05, 3.63) is 111 Å². The van der Waals surface area contributed by atoms with E-state index in [4.69, 9.17) is 27.9 Å². The van der Waals surface area contributed by atoms with E-state index in [1.165, 1.54) is 23.5 Å². The lowest BCUT2D eigenvalue weighted by atomic mass is 10.1. The van der Waals surface area contributed by atoms with Crippen molar-refractivity contribution in [2.24, 2.45) is 0 Å². The number of rotatable bonds is 10. The van der Waals surface area contributed by atoms with Crippen molar-refractivity contribution in [2.45, 2.75) is 12.6 Å². The Bertz CT molecular complexity index is 1470. The van der Waals surface area contributed by atoms with Crippen LogP contribution < -0.4 is 10.6 Å². The zero-order valence-electron chi connectivity index (χ0n) is 19.8. The molecule has 0 unspecified atom stereocenters. The second-order valence-electron chi connectivity index (χ2n) is 8.20. The summed E-state index contributed by atoms with van der Waals surface area (Å²) in [6.07, 6.45) is 1.40. The number of aliphatic carboxylic acids is 1. The third-order valence-corrected chi connectivity index (χ3v) is 7.25. The molecule has 0 spiro atoms. The first-order chi connectivity index (χ1) is 18.3. The van der Waals surface area contributed by atoms with E-state index in [1.54, 1.807) is 18.2 Å². The van der Waals surface area contributed by atoms with Crippen LogP contribution in [0.25, 0.3) is 16.2 Å². The summed E-state index contributed by atoms with van der Waals surface area (Å²) in [6.45, 7) is -0.102. The molecular formula is C28H22Cl2N2O5S. The lowest BCUT2D eigenvalue weighted by Crippen LogP contribution is -2.46. The van der Waals surface area contributed by atoms with E-state index >= 15 is 0 Å². The van der Waals surface area contributed by atoms with Gasteiger partial charge in [-0.15, -0.1) is 11.3 Å². The van der Waals surface area contributed by atoms with Crippen LogP contribution in [0.3, 0.4) is 0 Å². The Kier molecular flexibility index (Phi) is 9.15. The molecular weight excluding hydrogens is 547 g/mol. The molecule has 1 atom stereocenters. The van der Waals surface area contributed by atoms with Crippen molar-refractivity contribution in [1.29, 1.82) is 0 Å². The fraction of sp³-hybridized carbons (Fsp3) is 0.107. The number of ether oxygens (including phenoxy) is 1. The van der Waals surface area contributed by atoms with Crippen molar-refractivity contribution < 1.29 is 24.2 Å². The molecule has 0 radical (unpaired) electrons. The standard InChI is InChI=1S/C28H22Cl2N2O5S/c29-20-11-10-18(12-21(20)30)13-22(31-27(34)25-14-19-8-4-5-9-24(19)38-25)26(33)32-23(28(35)36)16-37-15-17-6-2-1-3-7-17/h1-14,23H,15-16H2,(H,31,34)(H,32,33)(H,35,36)/b22-13+/t23-/m1/s1. The maximum absolute atomic E-state index is 13.2. The molecule has 0 bridgehead atoms. The largest absolute Gasteiger partial charge is 0.480 e. The summed E-state index contributed by atoms with van der Waals surface area (Å²) in [5.74, 6) is -2.60. The van der Waals surface area contributed by atoms with Crippen molar-refractivity contribution in [3.8, 4) is 0 Å². The van der Waals surface area contributed by atoms with E-state index in [-0.39, 0.29) is 23.9 Å². The van der Waals surface area contributed by atoms with Gasteiger partial charge < -0.3 is 20.5 Å². The predicted octanol–water partition coefficient (Wildman–Crippen LogP) is 5.77. The highest BCUT2D eigenvalue weighted by molar-refractivity contribution is 7.20. The van der Waals surface area contributed by atoms with Gasteiger partial charge in [0.15, 0.2) is 6.04 Å². The topological polar surface area (TPSA) is 105 Å². The van der Waals surface area contributed by atoms with Gasteiger partial charge in [-0.25, -0.2) is 4.79 Å². The summed E-state index contributed by atoms with van der Waals surface area (Å²) < 4.78 is 6.44. The highest BCUT2D eigenvalue weighted by atomic mass is 35.5. The number of hydrogen-bond donors (Lipinski definition) is 3. The van der Waals surface area contributed by atoms with Gasteiger partial charge in [-0.1, -0.05) is 77.8 Å². The first kappa shape index (κ1) is 27.3. The number of fused-ring (bicyclic) bond motifs is 1. The highest BCUT2D eigenvalue weighted by Crippen LogP contribution is 2.26. The maximum atomic E-state index is 13.2. The van der Waals surface area contributed by atoms with Crippen LogP contribution in [0.2, 0.25) is 10.0 Å². The number of carboxylic acid groups (broad SMARTS) is 1. The minimum Gasteiger partial charge on any atom is -0.480 e. The van der Waals surface area contributed by atoms with Crippen LogP contribution in [0, 0.1) is 0 Å². The Morgan fingerprint density at radius 2 is 1.68 bits per heavy atom. The van der Waals surface area contributed by atoms with E-state index in [2.05, 4.69) is 10.6 Å². The lowest BCUT2D eigenvalue weighted by molar-refractivity contribution is -0.143. The molecule has 10 heteroatoms. The molecule has 3 aromatic carbocycles. The zero-order chi connectivity index (χ0) is 27.1. The SMILES string of the molecule is O=C(N[C@H](COCc1ccccc1)C(=O)O)/C(=C\c1ccc(Cl)c(Cl)c1)NC(=O)c1cc2ccccc2s1. The summed E-state index contributed by atoms with van der Waals surface area (Å²) in [7, 11) is 0. The van der Waals surface area contributed by atoms with Gasteiger partial charge in [0.25, 0.3) is 11.8 Å². The number of benzene rings is 3. The van der Waals surface area contributed by atoms with Crippen LogP contribution in [-0.4, -0.2) is 35.5 Å². The number of thiophene rings is 1. The fourth-order valence-electron chi connectivity index (χ4n) is 3.48. The van der Waals surface area contributed by atoms with Gasteiger partial charge >= 0.3 is 5.97 Å². The number of amides is 2. The number of carbonyl (C=O) groups is 3. The average Bonchev–Trinajstić information content (AvgIpc) is 3.35. The number of hydrogen-bond acceptors (Lipinski definition) is 5. The summed E-state index contributed by atoms with van der Waals surface area (Å²) in [4.78, 5) is 38.5. The Labute approximate surface area is 232 Å².